The van der Waals surface area contributed by atoms with Crippen molar-refractivity contribution in [3.63, 3.8) is 0 Å². The molecule has 25 heavy (non-hydrogen) atoms. The lowest BCUT2D eigenvalue weighted by molar-refractivity contribution is 0.413. The topological polar surface area (TPSA) is 79.0 Å². The summed E-state index contributed by atoms with van der Waals surface area (Å²) in [6.07, 6.45) is 1.49. The molecule has 1 aromatic carbocycles. The molecule has 0 saturated carbocycles. The van der Waals surface area contributed by atoms with Crippen LogP contribution < -0.4 is 9.47 Å². The van der Waals surface area contributed by atoms with Crippen LogP contribution in [0.2, 0.25) is 5.02 Å². The number of ether oxygens (including phenoxy) is 2. The van der Waals surface area contributed by atoms with Gasteiger partial charge in [-0.2, -0.15) is 0 Å². The first-order chi connectivity index (χ1) is 11.9. The predicted octanol–water partition coefficient (Wildman–Crippen LogP) is 4.92. The molecule has 0 fully saturated rings. The maximum absolute atomic E-state index is 8.19. The van der Waals surface area contributed by atoms with E-state index in [1.807, 2.05) is 6.07 Å². The summed E-state index contributed by atoms with van der Waals surface area (Å²) in [7, 11) is 3.07. The van der Waals surface area contributed by atoms with E-state index < -0.39 is 0 Å². The Morgan fingerprint density at radius 3 is 2.24 bits per heavy atom. The van der Waals surface area contributed by atoms with Crippen LogP contribution in [-0.2, 0) is 0 Å². The van der Waals surface area contributed by atoms with Gasteiger partial charge in [0.25, 0.3) is 0 Å². The van der Waals surface area contributed by atoms with Gasteiger partial charge in [0.15, 0.2) is 0 Å². The second-order valence-corrected chi connectivity index (χ2v) is 5.91. The van der Waals surface area contributed by atoms with Crippen molar-refractivity contribution in [3.8, 4) is 11.5 Å². The standard InChI is InChI=1S/C18H17Cl2N3O2/c1-10(21)15(11-5-4-6-12(7-11)24-2)16(18(20)22)17-14(19)8-13(25-3)9-23-17/h4-9,21-22H,1-3H3/b16-15+,21-10?,22-18?. The van der Waals surface area contributed by atoms with E-state index >= 15 is 0 Å². The van der Waals surface area contributed by atoms with Crippen LogP contribution in [0.3, 0.4) is 0 Å². The molecule has 0 bridgehead atoms. The number of benzene rings is 1. The number of pyridine rings is 1. The minimum atomic E-state index is -0.260. The lowest BCUT2D eigenvalue weighted by Crippen LogP contribution is -2.07. The Balaban J connectivity index is 2.79. The monoisotopic (exact) mass is 377 g/mol. The average Bonchev–Trinajstić information content (AvgIpc) is 2.59. The van der Waals surface area contributed by atoms with Crippen molar-refractivity contribution in [2.45, 2.75) is 6.92 Å². The van der Waals surface area contributed by atoms with Gasteiger partial charge in [-0.05, 0) is 24.6 Å². The molecular weight excluding hydrogens is 361 g/mol. The molecule has 1 aromatic heterocycles. The summed E-state index contributed by atoms with van der Waals surface area (Å²) in [6, 6.07) is 8.77. The summed E-state index contributed by atoms with van der Waals surface area (Å²) >= 11 is 12.4. The third kappa shape index (κ3) is 4.18. The maximum Gasteiger partial charge on any atom is 0.138 e. The fourth-order valence-corrected chi connectivity index (χ4v) is 2.81. The number of aromatic nitrogens is 1. The minimum Gasteiger partial charge on any atom is -0.497 e. The van der Waals surface area contributed by atoms with Crippen LogP contribution in [0.4, 0.5) is 0 Å². The first kappa shape index (κ1) is 19.0. The molecule has 0 saturated heterocycles. The molecule has 0 radical (unpaired) electrons. The molecule has 7 heteroatoms. The van der Waals surface area contributed by atoms with Crippen LogP contribution in [0.25, 0.3) is 11.1 Å². The van der Waals surface area contributed by atoms with Gasteiger partial charge < -0.3 is 14.9 Å². The highest BCUT2D eigenvalue weighted by Gasteiger charge is 2.21. The van der Waals surface area contributed by atoms with Crippen molar-refractivity contribution in [1.29, 1.82) is 10.8 Å². The molecule has 0 unspecified atom stereocenters. The van der Waals surface area contributed by atoms with E-state index in [4.69, 9.17) is 43.5 Å². The van der Waals surface area contributed by atoms with E-state index in [1.165, 1.54) is 13.3 Å². The van der Waals surface area contributed by atoms with E-state index in [0.717, 1.165) is 0 Å². The van der Waals surface area contributed by atoms with Crippen LogP contribution in [0.5, 0.6) is 11.5 Å². The third-order valence-electron chi connectivity index (χ3n) is 3.49. The predicted molar refractivity (Wildman–Crippen MR) is 103 cm³/mol. The first-order valence-electron chi connectivity index (χ1n) is 7.27. The molecule has 0 atom stereocenters. The summed E-state index contributed by atoms with van der Waals surface area (Å²) in [5.41, 5.74) is 1.95. The lowest BCUT2D eigenvalue weighted by Gasteiger charge is -2.15. The van der Waals surface area contributed by atoms with E-state index in [-0.39, 0.29) is 21.5 Å². The molecule has 2 rings (SSSR count). The van der Waals surface area contributed by atoms with E-state index in [1.54, 1.807) is 38.3 Å². The normalized spacial score (nSPS) is 11.6. The van der Waals surface area contributed by atoms with Gasteiger partial charge in [0, 0.05) is 22.9 Å². The number of hydrogen-bond donors (Lipinski definition) is 2. The Hall–Kier alpha value is -2.37. The van der Waals surface area contributed by atoms with Crippen molar-refractivity contribution in [1.82, 2.24) is 4.98 Å². The quantitative estimate of drug-likeness (QED) is 0.701. The van der Waals surface area contributed by atoms with Crippen LogP contribution >= 0.6 is 23.2 Å². The number of allylic oxidation sites excluding steroid dienone is 2. The van der Waals surface area contributed by atoms with Gasteiger partial charge in [-0.3, -0.25) is 10.4 Å². The molecular formula is C18H17Cl2N3O2. The number of halogens is 2. The Bertz CT molecular complexity index is 863. The second-order valence-electron chi connectivity index (χ2n) is 5.13. The molecule has 2 N–H and O–H groups in total. The van der Waals surface area contributed by atoms with Gasteiger partial charge in [0.1, 0.15) is 16.7 Å². The molecule has 1 heterocycles. The molecule has 0 aliphatic carbocycles. The summed E-state index contributed by atoms with van der Waals surface area (Å²) in [6.45, 7) is 1.62. The summed E-state index contributed by atoms with van der Waals surface area (Å²) in [5.74, 6) is 1.12. The Morgan fingerprint density at radius 2 is 1.72 bits per heavy atom. The van der Waals surface area contributed by atoms with Gasteiger partial charge in [0.2, 0.25) is 0 Å². The summed E-state index contributed by atoms with van der Waals surface area (Å²) in [4.78, 5) is 4.27. The largest absolute Gasteiger partial charge is 0.497 e. The smallest absolute Gasteiger partial charge is 0.138 e. The zero-order valence-corrected chi connectivity index (χ0v) is 15.5. The van der Waals surface area contributed by atoms with Crippen LogP contribution in [0.1, 0.15) is 18.2 Å². The van der Waals surface area contributed by atoms with Crippen molar-refractivity contribution in [3.05, 3.63) is 52.8 Å². The number of nitrogens with one attached hydrogen (secondary N) is 2. The first-order valence-corrected chi connectivity index (χ1v) is 8.03. The zero-order chi connectivity index (χ0) is 18.6. The van der Waals surface area contributed by atoms with E-state index in [2.05, 4.69) is 4.98 Å². The minimum absolute atomic E-state index is 0.224. The van der Waals surface area contributed by atoms with Crippen LogP contribution in [-0.4, -0.2) is 30.1 Å². The third-order valence-corrected chi connectivity index (χ3v) is 3.97. The number of methoxy groups -OCH3 is 2. The highest BCUT2D eigenvalue weighted by molar-refractivity contribution is 6.77. The SMILES string of the molecule is COc1cccc(/C(C(C)=N)=C(/C(=N)Cl)c2ncc(OC)cc2Cl)c1. The zero-order valence-electron chi connectivity index (χ0n) is 14.0. The van der Waals surface area contributed by atoms with Crippen molar-refractivity contribution < 1.29 is 9.47 Å². The molecule has 5 nitrogen and oxygen atoms in total. The Kier molecular flexibility index (Phi) is 6.17. The molecule has 0 spiro atoms. The van der Waals surface area contributed by atoms with Gasteiger partial charge in [-0.1, -0.05) is 35.3 Å². The number of hydrogen-bond acceptors (Lipinski definition) is 5. The highest BCUT2D eigenvalue weighted by atomic mass is 35.5. The average molecular weight is 378 g/mol. The molecule has 2 aromatic rings. The Morgan fingerprint density at radius 1 is 1.04 bits per heavy atom. The van der Waals surface area contributed by atoms with Gasteiger partial charge in [-0.25, -0.2) is 0 Å². The number of nitrogens with zero attached hydrogens (tertiary/aromatic N) is 1. The van der Waals surface area contributed by atoms with Crippen LogP contribution in [0.15, 0.2) is 36.5 Å². The molecule has 130 valence electrons. The number of rotatable bonds is 6. The Labute approximate surface area is 156 Å². The molecule has 0 amide bonds. The van der Waals surface area contributed by atoms with E-state index in [0.29, 0.717) is 28.3 Å². The van der Waals surface area contributed by atoms with Crippen molar-refractivity contribution >= 4 is 45.2 Å². The van der Waals surface area contributed by atoms with Crippen LogP contribution in [0, 0.1) is 10.8 Å². The lowest BCUT2D eigenvalue weighted by atomic mass is 9.94. The molecule has 0 aliphatic rings. The highest BCUT2D eigenvalue weighted by Crippen LogP contribution is 2.34. The second kappa shape index (κ2) is 8.14. The van der Waals surface area contributed by atoms with Gasteiger partial charge in [-0.15, -0.1) is 0 Å². The van der Waals surface area contributed by atoms with Gasteiger partial charge >= 0.3 is 0 Å². The fraction of sp³-hybridized carbons (Fsp3) is 0.167. The summed E-state index contributed by atoms with van der Waals surface area (Å²) in [5, 5.41) is 16.2. The van der Waals surface area contributed by atoms with Crippen molar-refractivity contribution in [2.24, 2.45) is 0 Å². The fourth-order valence-electron chi connectivity index (χ4n) is 2.37. The van der Waals surface area contributed by atoms with Gasteiger partial charge in [0.05, 0.1) is 31.1 Å². The van der Waals surface area contributed by atoms with E-state index in [9.17, 15) is 0 Å². The molecule has 0 aliphatic heterocycles. The van der Waals surface area contributed by atoms with Crippen molar-refractivity contribution in [2.75, 3.05) is 14.2 Å². The maximum atomic E-state index is 8.19. The summed E-state index contributed by atoms with van der Waals surface area (Å²) < 4.78 is 10.4.